The van der Waals surface area contributed by atoms with Gasteiger partial charge in [-0.3, -0.25) is 14.2 Å². The van der Waals surface area contributed by atoms with Gasteiger partial charge in [0.2, 0.25) is 0 Å². The van der Waals surface area contributed by atoms with E-state index in [0.717, 1.165) is 24.0 Å². The number of hydrogen-bond donors (Lipinski definition) is 0. The lowest BCUT2D eigenvalue weighted by molar-refractivity contribution is -0.123. The number of amides is 1. The van der Waals surface area contributed by atoms with Crippen molar-refractivity contribution in [3.05, 3.63) is 54.9 Å². The van der Waals surface area contributed by atoms with Gasteiger partial charge in [-0.25, -0.2) is 0 Å². The number of ether oxygens (including phenoxy) is 1. The topological polar surface area (TPSA) is 75.3 Å². The van der Waals surface area contributed by atoms with Gasteiger partial charge >= 0.3 is 0 Å². The third kappa shape index (κ3) is 4.24. The Labute approximate surface area is 167 Å². The van der Waals surface area contributed by atoms with Gasteiger partial charge in [-0.1, -0.05) is 29.8 Å². The first-order valence-corrected chi connectivity index (χ1v) is 10.1. The smallest absolute Gasteiger partial charge is 0.269 e. The number of rotatable bonds is 5. The summed E-state index contributed by atoms with van der Waals surface area (Å²) in [4.78, 5) is 27.5. The van der Waals surface area contributed by atoms with Crippen LogP contribution in [0.1, 0.15) is 24.0 Å². The second kappa shape index (κ2) is 9.00. The normalized spacial score (nSPS) is 15.6. The molecule has 0 atom stereocenters. The molecule has 1 fully saturated rings. The highest BCUT2D eigenvalue weighted by molar-refractivity contribution is 7.07. The van der Waals surface area contributed by atoms with Crippen LogP contribution in [0, 0.1) is 18.3 Å². The first kappa shape index (κ1) is 20.1. The van der Waals surface area contributed by atoms with Crippen molar-refractivity contribution >= 4 is 28.9 Å². The second-order valence-electron chi connectivity index (χ2n) is 6.77. The summed E-state index contributed by atoms with van der Waals surface area (Å²) in [5, 5.41) is 9.70. The van der Waals surface area contributed by atoms with Crippen LogP contribution in [0.2, 0.25) is 0 Å². The summed E-state index contributed by atoms with van der Waals surface area (Å²) in [7, 11) is 1.56. The van der Waals surface area contributed by atoms with Crippen molar-refractivity contribution in [1.29, 1.82) is 5.26 Å². The predicted octanol–water partition coefficient (Wildman–Crippen LogP) is 0.990. The number of aryl methyl sites for hydroxylation is 1. The SMILES string of the molecule is COCCn1c(=O)/c(=C/c2cccc(C)c2)s/c1=C(\C#N)C(=O)N1CCCC1. The van der Waals surface area contributed by atoms with E-state index in [1.54, 1.807) is 12.0 Å². The number of likely N-dealkylation sites (tertiary alicyclic amines) is 1. The monoisotopic (exact) mass is 397 g/mol. The number of nitriles is 1. The quantitative estimate of drug-likeness (QED) is 0.754. The van der Waals surface area contributed by atoms with Gasteiger partial charge in [-0.15, -0.1) is 11.3 Å². The summed E-state index contributed by atoms with van der Waals surface area (Å²) in [5.41, 5.74) is 1.83. The van der Waals surface area contributed by atoms with Gasteiger partial charge in [0, 0.05) is 20.2 Å². The molecule has 1 aliphatic heterocycles. The van der Waals surface area contributed by atoms with Crippen LogP contribution in [0.25, 0.3) is 11.6 Å². The molecule has 2 aromatic rings. The molecule has 3 rings (SSSR count). The van der Waals surface area contributed by atoms with E-state index in [1.165, 1.54) is 15.9 Å². The van der Waals surface area contributed by atoms with Crippen molar-refractivity contribution in [3.63, 3.8) is 0 Å². The van der Waals surface area contributed by atoms with Crippen molar-refractivity contribution in [2.75, 3.05) is 26.8 Å². The number of benzene rings is 1. The summed E-state index contributed by atoms with van der Waals surface area (Å²) < 4.78 is 7.51. The molecule has 0 aliphatic carbocycles. The number of aromatic nitrogens is 1. The summed E-state index contributed by atoms with van der Waals surface area (Å²) >= 11 is 1.19. The zero-order valence-corrected chi connectivity index (χ0v) is 16.9. The van der Waals surface area contributed by atoms with Crippen LogP contribution < -0.4 is 14.8 Å². The number of hydrogen-bond acceptors (Lipinski definition) is 5. The molecule has 0 bridgehead atoms. The number of thiazole rings is 1. The average Bonchev–Trinajstić information content (AvgIpc) is 3.31. The van der Waals surface area contributed by atoms with Crippen LogP contribution >= 0.6 is 11.3 Å². The van der Waals surface area contributed by atoms with E-state index < -0.39 is 0 Å². The van der Waals surface area contributed by atoms with Gasteiger partial charge in [-0.2, -0.15) is 5.26 Å². The standard InChI is InChI=1S/C21H23N3O3S/c1-15-6-5-7-16(12-15)13-18-20(26)24(10-11-27-2)21(28-18)17(14-22)19(25)23-8-3-4-9-23/h5-7,12-13H,3-4,8-11H2,1-2H3/b18-13-,21-17+. The number of carbonyl (C=O) groups excluding carboxylic acids is 1. The molecular formula is C21H23N3O3S. The van der Waals surface area contributed by atoms with Gasteiger partial charge < -0.3 is 9.64 Å². The Morgan fingerprint density at radius 2 is 2.11 bits per heavy atom. The zero-order chi connectivity index (χ0) is 20.1. The Kier molecular flexibility index (Phi) is 6.45. The van der Waals surface area contributed by atoms with E-state index in [9.17, 15) is 14.9 Å². The van der Waals surface area contributed by atoms with Gasteiger partial charge in [0.1, 0.15) is 10.7 Å². The van der Waals surface area contributed by atoms with Gasteiger partial charge in [-0.05, 0) is 31.4 Å². The Hall–Kier alpha value is -2.69. The molecule has 1 amide bonds. The average molecular weight is 398 g/mol. The molecule has 1 aromatic heterocycles. The fraction of sp³-hybridized carbons (Fsp3) is 0.381. The molecule has 146 valence electrons. The lowest BCUT2D eigenvalue weighted by atomic mass is 10.1. The van der Waals surface area contributed by atoms with Crippen molar-refractivity contribution in [2.45, 2.75) is 26.3 Å². The van der Waals surface area contributed by atoms with Crippen molar-refractivity contribution in [1.82, 2.24) is 9.47 Å². The lowest BCUT2D eigenvalue weighted by Gasteiger charge is -2.14. The maximum absolute atomic E-state index is 13.0. The third-order valence-electron chi connectivity index (χ3n) is 4.70. The second-order valence-corrected chi connectivity index (χ2v) is 7.80. The number of nitrogens with zero attached hydrogens (tertiary/aromatic N) is 3. The molecular weight excluding hydrogens is 374 g/mol. The van der Waals surface area contributed by atoms with Gasteiger partial charge in [0.05, 0.1) is 17.7 Å². The van der Waals surface area contributed by atoms with Crippen LogP contribution in [0.3, 0.4) is 0 Å². The molecule has 1 aromatic carbocycles. The zero-order valence-electron chi connectivity index (χ0n) is 16.1. The Morgan fingerprint density at radius 1 is 1.36 bits per heavy atom. The molecule has 1 aliphatic rings. The third-order valence-corrected chi connectivity index (χ3v) is 5.83. The Morgan fingerprint density at radius 3 is 2.75 bits per heavy atom. The molecule has 7 heteroatoms. The van der Waals surface area contributed by atoms with E-state index in [4.69, 9.17) is 4.74 Å². The van der Waals surface area contributed by atoms with Gasteiger partial charge in [0.25, 0.3) is 11.5 Å². The fourth-order valence-corrected chi connectivity index (χ4v) is 4.39. The van der Waals surface area contributed by atoms with Crippen LogP contribution in [-0.2, 0) is 16.1 Å². The van der Waals surface area contributed by atoms with Crippen LogP contribution in [-0.4, -0.2) is 42.2 Å². The minimum atomic E-state index is -0.297. The summed E-state index contributed by atoms with van der Waals surface area (Å²) in [6.07, 6.45) is 3.69. The highest BCUT2D eigenvalue weighted by Crippen LogP contribution is 2.11. The Bertz CT molecular complexity index is 1090. The Balaban J connectivity index is 2.20. The molecule has 1 saturated heterocycles. The summed E-state index contributed by atoms with van der Waals surface area (Å²) in [6.45, 7) is 3.91. The predicted molar refractivity (Wildman–Crippen MR) is 109 cm³/mol. The summed E-state index contributed by atoms with van der Waals surface area (Å²) in [5.74, 6) is -0.297. The lowest BCUT2D eigenvalue weighted by Crippen LogP contribution is -2.36. The molecule has 0 N–H and O–H groups in total. The van der Waals surface area contributed by atoms with E-state index >= 15 is 0 Å². The first-order chi connectivity index (χ1) is 13.5. The number of carbonyl (C=O) groups is 1. The van der Waals surface area contributed by atoms with E-state index in [1.807, 2.05) is 43.3 Å². The first-order valence-electron chi connectivity index (χ1n) is 9.26. The largest absolute Gasteiger partial charge is 0.383 e. The van der Waals surface area contributed by atoms with Gasteiger partial charge in [0.15, 0.2) is 5.57 Å². The van der Waals surface area contributed by atoms with E-state index in [0.29, 0.717) is 35.4 Å². The van der Waals surface area contributed by atoms with Crippen LogP contribution in [0.5, 0.6) is 0 Å². The van der Waals surface area contributed by atoms with E-state index in [-0.39, 0.29) is 17.0 Å². The fourth-order valence-electron chi connectivity index (χ4n) is 3.27. The summed E-state index contributed by atoms with van der Waals surface area (Å²) in [6, 6.07) is 9.89. The molecule has 2 heterocycles. The minimum absolute atomic E-state index is 0.0315. The van der Waals surface area contributed by atoms with Crippen molar-refractivity contribution in [2.24, 2.45) is 0 Å². The maximum atomic E-state index is 13.0. The molecule has 28 heavy (non-hydrogen) atoms. The minimum Gasteiger partial charge on any atom is -0.383 e. The molecule has 0 saturated carbocycles. The molecule has 0 radical (unpaired) electrons. The molecule has 0 spiro atoms. The van der Waals surface area contributed by atoms with Crippen molar-refractivity contribution in [3.8, 4) is 6.07 Å². The van der Waals surface area contributed by atoms with Crippen LogP contribution in [0.4, 0.5) is 0 Å². The molecule has 0 unspecified atom stereocenters. The highest BCUT2D eigenvalue weighted by atomic mass is 32.1. The number of methoxy groups -OCH3 is 1. The highest BCUT2D eigenvalue weighted by Gasteiger charge is 2.24. The van der Waals surface area contributed by atoms with E-state index in [2.05, 4.69) is 0 Å². The molecule has 6 nitrogen and oxygen atoms in total. The van der Waals surface area contributed by atoms with Crippen molar-refractivity contribution < 1.29 is 9.53 Å². The van der Waals surface area contributed by atoms with Crippen LogP contribution in [0.15, 0.2) is 29.1 Å². The maximum Gasteiger partial charge on any atom is 0.269 e.